The van der Waals surface area contributed by atoms with E-state index in [0.29, 0.717) is 23.1 Å². The molecule has 0 saturated carbocycles. The lowest BCUT2D eigenvalue weighted by atomic mass is 10.1. The fourth-order valence-corrected chi connectivity index (χ4v) is 2.04. The Bertz CT molecular complexity index is 630. The van der Waals surface area contributed by atoms with Crippen LogP contribution in [0.3, 0.4) is 0 Å². The molecule has 0 bridgehead atoms. The van der Waals surface area contributed by atoms with Gasteiger partial charge < -0.3 is 5.43 Å². The van der Waals surface area contributed by atoms with Gasteiger partial charge >= 0.3 is 0 Å². The summed E-state index contributed by atoms with van der Waals surface area (Å²) in [6.07, 6.45) is 0.711. The molecule has 0 unspecified atom stereocenters. The second-order valence-electron chi connectivity index (χ2n) is 3.75. The van der Waals surface area contributed by atoms with Crippen LogP contribution in [0.2, 0.25) is 5.02 Å². The van der Waals surface area contributed by atoms with Crippen molar-refractivity contribution in [1.29, 1.82) is 0 Å². The number of anilines is 1. The van der Waals surface area contributed by atoms with Crippen LogP contribution in [-0.4, -0.2) is 9.91 Å². The maximum atomic E-state index is 10.8. The number of nitro benzene ring substituents is 1. The quantitative estimate of drug-likeness (QED) is 0.506. The fraction of sp³-hybridized carbons (Fsp3) is 0.182. The molecule has 0 saturated heterocycles. The molecule has 0 aliphatic rings. The van der Waals surface area contributed by atoms with Gasteiger partial charge in [0.1, 0.15) is 5.82 Å². The van der Waals surface area contributed by atoms with Gasteiger partial charge in [-0.05, 0) is 18.1 Å². The monoisotopic (exact) mass is 266 g/mol. The lowest BCUT2D eigenvalue weighted by Gasteiger charge is -2.09. The molecule has 7 heteroatoms. The second kappa shape index (κ2) is 4.75. The molecule has 0 spiro atoms. The summed E-state index contributed by atoms with van der Waals surface area (Å²) in [5, 5.41) is 11.6. The van der Waals surface area contributed by atoms with Crippen LogP contribution in [0.15, 0.2) is 18.2 Å². The molecule has 2 rings (SSSR count). The van der Waals surface area contributed by atoms with E-state index in [4.69, 9.17) is 17.4 Å². The molecule has 0 radical (unpaired) electrons. The number of halogens is 1. The van der Waals surface area contributed by atoms with Crippen molar-refractivity contribution in [1.82, 2.24) is 4.98 Å². The zero-order valence-electron chi connectivity index (χ0n) is 9.61. The molecule has 18 heavy (non-hydrogen) atoms. The van der Waals surface area contributed by atoms with Crippen molar-refractivity contribution < 1.29 is 4.92 Å². The number of hydrazine groups is 1. The molecule has 94 valence electrons. The number of nitrogen functional groups attached to an aromatic ring is 1. The minimum absolute atomic E-state index is 0.0511. The maximum Gasteiger partial charge on any atom is 0.271 e. The number of hydrogen-bond acceptors (Lipinski definition) is 5. The molecule has 0 atom stereocenters. The topological polar surface area (TPSA) is 94.1 Å². The number of nitro groups is 1. The predicted molar refractivity (Wildman–Crippen MR) is 70.6 cm³/mol. The molecule has 0 aliphatic heterocycles. The highest BCUT2D eigenvalue weighted by Crippen LogP contribution is 2.30. The van der Waals surface area contributed by atoms with E-state index in [0.717, 1.165) is 5.56 Å². The Balaban J connectivity index is 2.76. The summed E-state index contributed by atoms with van der Waals surface area (Å²) in [4.78, 5) is 14.6. The van der Waals surface area contributed by atoms with Crippen molar-refractivity contribution in [2.45, 2.75) is 13.3 Å². The van der Waals surface area contributed by atoms with E-state index in [1.807, 2.05) is 6.92 Å². The third kappa shape index (κ3) is 2.07. The lowest BCUT2D eigenvalue weighted by Crippen LogP contribution is -2.11. The summed E-state index contributed by atoms with van der Waals surface area (Å²) in [5.74, 6) is 5.91. The fourth-order valence-electron chi connectivity index (χ4n) is 1.77. The van der Waals surface area contributed by atoms with E-state index in [1.54, 1.807) is 6.07 Å². The molecule has 1 aromatic carbocycles. The standard InChI is InChI=1S/C11H11ClN4O2/c1-2-6-3-7-4-8(16(17)18)5-9(12)10(7)14-11(6)15-13/h3-5H,2,13H2,1H3,(H,14,15). The van der Waals surface area contributed by atoms with Crippen molar-refractivity contribution in [3.05, 3.63) is 38.9 Å². The molecular weight excluding hydrogens is 256 g/mol. The number of benzene rings is 1. The summed E-state index contributed by atoms with van der Waals surface area (Å²) in [5.41, 5.74) is 3.82. The number of nitrogens with zero attached hydrogens (tertiary/aromatic N) is 2. The number of nitrogens with two attached hydrogens (primary N) is 1. The van der Waals surface area contributed by atoms with E-state index < -0.39 is 4.92 Å². The highest BCUT2D eigenvalue weighted by molar-refractivity contribution is 6.35. The molecule has 3 N–H and O–H groups in total. The summed E-state index contributed by atoms with van der Waals surface area (Å²) in [6.45, 7) is 1.95. The summed E-state index contributed by atoms with van der Waals surface area (Å²) in [7, 11) is 0. The van der Waals surface area contributed by atoms with Gasteiger partial charge in [-0.1, -0.05) is 18.5 Å². The zero-order valence-corrected chi connectivity index (χ0v) is 10.4. The first-order chi connectivity index (χ1) is 8.56. The second-order valence-corrected chi connectivity index (χ2v) is 4.16. The third-order valence-electron chi connectivity index (χ3n) is 2.66. The van der Waals surface area contributed by atoms with E-state index in [-0.39, 0.29) is 10.7 Å². The van der Waals surface area contributed by atoms with Crippen molar-refractivity contribution in [2.75, 3.05) is 5.43 Å². The maximum absolute atomic E-state index is 10.8. The van der Waals surface area contributed by atoms with E-state index >= 15 is 0 Å². The van der Waals surface area contributed by atoms with Crippen LogP contribution in [-0.2, 0) is 6.42 Å². The molecular formula is C11H11ClN4O2. The number of rotatable bonds is 3. The molecule has 0 aliphatic carbocycles. The van der Waals surface area contributed by atoms with Gasteiger partial charge in [0.25, 0.3) is 5.69 Å². The minimum Gasteiger partial charge on any atom is -0.308 e. The van der Waals surface area contributed by atoms with Gasteiger partial charge in [-0.15, -0.1) is 0 Å². The first-order valence-electron chi connectivity index (χ1n) is 5.31. The summed E-state index contributed by atoms with van der Waals surface area (Å²) in [6, 6.07) is 4.53. The number of pyridine rings is 1. The molecule has 6 nitrogen and oxygen atoms in total. The van der Waals surface area contributed by atoms with Gasteiger partial charge in [-0.25, -0.2) is 10.8 Å². The first kappa shape index (κ1) is 12.5. The Labute approximate surface area is 108 Å². The minimum atomic E-state index is -0.480. The smallest absolute Gasteiger partial charge is 0.271 e. The number of fused-ring (bicyclic) bond motifs is 1. The Kier molecular flexibility index (Phi) is 3.31. The average molecular weight is 267 g/mol. The molecule has 1 heterocycles. The van der Waals surface area contributed by atoms with Gasteiger partial charge in [-0.2, -0.15) is 0 Å². The molecule has 2 aromatic rings. The predicted octanol–water partition coefficient (Wildman–Crippen LogP) is 2.64. The van der Waals surface area contributed by atoms with Crippen molar-refractivity contribution in [3.8, 4) is 0 Å². The number of hydrogen-bond donors (Lipinski definition) is 2. The molecule has 1 aromatic heterocycles. The number of aromatic nitrogens is 1. The highest BCUT2D eigenvalue weighted by atomic mass is 35.5. The van der Waals surface area contributed by atoms with E-state index in [2.05, 4.69) is 10.4 Å². The van der Waals surface area contributed by atoms with Crippen LogP contribution in [0.4, 0.5) is 11.5 Å². The van der Waals surface area contributed by atoms with Crippen LogP contribution in [0.5, 0.6) is 0 Å². The SMILES string of the molecule is CCc1cc2cc([N+](=O)[O-])cc(Cl)c2nc1NN. The van der Waals surface area contributed by atoms with Gasteiger partial charge in [0.2, 0.25) is 0 Å². The van der Waals surface area contributed by atoms with Crippen LogP contribution in [0, 0.1) is 10.1 Å². The Morgan fingerprint density at radius 3 is 2.78 bits per heavy atom. The van der Waals surface area contributed by atoms with Gasteiger partial charge in [0.15, 0.2) is 0 Å². The number of nitrogens with one attached hydrogen (secondary N) is 1. The largest absolute Gasteiger partial charge is 0.308 e. The third-order valence-corrected chi connectivity index (χ3v) is 2.95. The number of non-ortho nitro benzene ring substituents is 1. The van der Waals surface area contributed by atoms with E-state index in [9.17, 15) is 10.1 Å². The van der Waals surface area contributed by atoms with Crippen LogP contribution >= 0.6 is 11.6 Å². The van der Waals surface area contributed by atoms with Gasteiger partial charge in [0.05, 0.1) is 15.5 Å². The van der Waals surface area contributed by atoms with Gasteiger partial charge in [-0.3, -0.25) is 10.1 Å². The van der Waals surface area contributed by atoms with Crippen molar-refractivity contribution >= 4 is 34.0 Å². The Hall–Kier alpha value is -1.92. The van der Waals surface area contributed by atoms with Crippen LogP contribution in [0.1, 0.15) is 12.5 Å². The highest BCUT2D eigenvalue weighted by Gasteiger charge is 2.13. The molecule has 0 amide bonds. The van der Waals surface area contributed by atoms with Crippen molar-refractivity contribution in [2.24, 2.45) is 5.84 Å². The van der Waals surface area contributed by atoms with Crippen molar-refractivity contribution in [3.63, 3.8) is 0 Å². The normalized spacial score (nSPS) is 10.6. The lowest BCUT2D eigenvalue weighted by molar-refractivity contribution is -0.384. The summed E-state index contributed by atoms with van der Waals surface area (Å²) < 4.78 is 0. The Morgan fingerprint density at radius 2 is 2.22 bits per heavy atom. The zero-order chi connectivity index (χ0) is 13.3. The number of aryl methyl sites for hydroxylation is 1. The van der Waals surface area contributed by atoms with Crippen LogP contribution < -0.4 is 11.3 Å². The average Bonchev–Trinajstić information content (AvgIpc) is 2.36. The first-order valence-corrected chi connectivity index (χ1v) is 5.68. The summed E-state index contributed by atoms with van der Waals surface area (Å²) >= 11 is 6.00. The molecule has 0 fully saturated rings. The van der Waals surface area contributed by atoms with Crippen LogP contribution in [0.25, 0.3) is 10.9 Å². The Morgan fingerprint density at radius 1 is 1.50 bits per heavy atom. The van der Waals surface area contributed by atoms with Gasteiger partial charge in [0, 0.05) is 17.5 Å². The van der Waals surface area contributed by atoms with E-state index in [1.165, 1.54) is 12.1 Å².